The number of nitrogens with zero attached hydrogens (tertiary/aromatic N) is 2. The summed E-state index contributed by atoms with van der Waals surface area (Å²) < 4.78 is 0. The zero-order valence-corrected chi connectivity index (χ0v) is 13.2. The first-order valence-electron chi connectivity index (χ1n) is 5.97. The van der Waals surface area contributed by atoms with Crippen LogP contribution in [-0.2, 0) is 4.79 Å². The fourth-order valence-corrected chi connectivity index (χ4v) is 1.33. The first kappa shape index (κ1) is 23.5. The minimum absolute atomic E-state index is 0. The second-order valence-electron chi connectivity index (χ2n) is 4.15. The fourth-order valence-electron chi connectivity index (χ4n) is 1.33. The molecule has 6 nitrogen and oxygen atoms in total. The predicted molar refractivity (Wildman–Crippen MR) is 83.1 cm³/mol. The largest absolute Gasteiger partial charge is 0.411 e. The van der Waals surface area contributed by atoms with E-state index in [4.69, 9.17) is 5.21 Å². The predicted octanol–water partition coefficient (Wildman–Crippen LogP) is 0.728. The van der Waals surface area contributed by atoms with Gasteiger partial charge in [-0.1, -0.05) is 5.16 Å². The van der Waals surface area contributed by atoms with Crippen molar-refractivity contribution in [2.24, 2.45) is 5.16 Å². The molecule has 0 saturated heterocycles. The molecule has 0 aliphatic carbocycles. The number of halogens is 2. The minimum atomic E-state index is -0.355. The van der Waals surface area contributed by atoms with Crippen LogP contribution in [0.2, 0.25) is 0 Å². The van der Waals surface area contributed by atoms with Crippen molar-refractivity contribution in [3.63, 3.8) is 0 Å². The van der Waals surface area contributed by atoms with Crippen LogP contribution in [-0.4, -0.2) is 62.5 Å². The third kappa shape index (κ3) is 19.9. The third-order valence-electron chi connectivity index (χ3n) is 2.21. The van der Waals surface area contributed by atoms with E-state index in [0.29, 0.717) is 6.54 Å². The molecule has 19 heavy (non-hydrogen) atoms. The second-order valence-corrected chi connectivity index (χ2v) is 4.15. The van der Waals surface area contributed by atoms with Gasteiger partial charge in [0.2, 0.25) is 0 Å². The third-order valence-corrected chi connectivity index (χ3v) is 2.21. The van der Waals surface area contributed by atoms with Gasteiger partial charge in [0.15, 0.2) is 0 Å². The molecular weight excluding hydrogens is 291 g/mol. The van der Waals surface area contributed by atoms with Gasteiger partial charge in [-0.2, -0.15) is 0 Å². The highest BCUT2D eigenvalue weighted by molar-refractivity contribution is 6.25. The maximum Gasteiger partial charge on any atom is 0.265 e. The number of oxime groups is 1. The van der Waals surface area contributed by atoms with E-state index in [1.54, 1.807) is 0 Å². The Labute approximate surface area is 127 Å². The highest BCUT2D eigenvalue weighted by atomic mass is 35.5. The SMILES string of the molecule is CN(C)CCCNCCCCNC(=O)/C=N/O.Cl.Cl. The van der Waals surface area contributed by atoms with Crippen molar-refractivity contribution in [1.29, 1.82) is 0 Å². The van der Waals surface area contributed by atoms with Gasteiger partial charge < -0.3 is 20.7 Å². The molecule has 0 radical (unpaired) electrons. The van der Waals surface area contributed by atoms with E-state index < -0.39 is 0 Å². The van der Waals surface area contributed by atoms with Crippen molar-refractivity contribution >= 4 is 36.9 Å². The Morgan fingerprint density at radius 1 is 1.16 bits per heavy atom. The van der Waals surface area contributed by atoms with Gasteiger partial charge in [0, 0.05) is 6.54 Å². The average molecular weight is 317 g/mol. The molecule has 0 unspecified atom stereocenters. The summed E-state index contributed by atoms with van der Waals surface area (Å²) in [4.78, 5) is 13.0. The lowest BCUT2D eigenvalue weighted by Gasteiger charge is -2.09. The zero-order chi connectivity index (χ0) is 12.9. The van der Waals surface area contributed by atoms with Crippen LogP contribution in [0.3, 0.4) is 0 Å². The number of nitrogens with one attached hydrogen (secondary N) is 2. The monoisotopic (exact) mass is 316 g/mol. The van der Waals surface area contributed by atoms with Gasteiger partial charge in [0.05, 0.1) is 0 Å². The van der Waals surface area contributed by atoms with Gasteiger partial charge in [-0.25, -0.2) is 0 Å². The molecule has 0 bridgehead atoms. The summed E-state index contributed by atoms with van der Waals surface area (Å²) in [6.45, 7) is 3.72. The van der Waals surface area contributed by atoms with E-state index in [9.17, 15) is 4.79 Å². The first-order chi connectivity index (χ1) is 8.16. The molecule has 0 spiro atoms. The number of amides is 1. The molecule has 0 atom stereocenters. The van der Waals surface area contributed by atoms with E-state index in [-0.39, 0.29) is 30.7 Å². The number of carbonyl (C=O) groups excluding carboxylic acids is 1. The molecule has 0 rings (SSSR count). The van der Waals surface area contributed by atoms with Gasteiger partial charge in [0.1, 0.15) is 6.21 Å². The number of rotatable bonds is 10. The highest BCUT2D eigenvalue weighted by Crippen LogP contribution is 1.86. The van der Waals surface area contributed by atoms with Crippen LogP contribution in [0, 0.1) is 0 Å². The molecule has 0 heterocycles. The van der Waals surface area contributed by atoms with Crippen LogP contribution in [0.4, 0.5) is 0 Å². The Morgan fingerprint density at radius 3 is 2.32 bits per heavy atom. The maximum atomic E-state index is 10.8. The van der Waals surface area contributed by atoms with Crippen LogP contribution < -0.4 is 10.6 Å². The van der Waals surface area contributed by atoms with Crippen LogP contribution in [0.15, 0.2) is 5.16 Å². The molecule has 0 aromatic carbocycles. The summed E-state index contributed by atoms with van der Waals surface area (Å²) in [5, 5.41) is 16.7. The summed E-state index contributed by atoms with van der Waals surface area (Å²) in [5.41, 5.74) is 0. The summed E-state index contributed by atoms with van der Waals surface area (Å²) >= 11 is 0. The topological polar surface area (TPSA) is 77.0 Å². The zero-order valence-electron chi connectivity index (χ0n) is 11.6. The van der Waals surface area contributed by atoms with Gasteiger partial charge >= 0.3 is 0 Å². The summed E-state index contributed by atoms with van der Waals surface area (Å²) in [7, 11) is 4.14. The van der Waals surface area contributed by atoms with Gasteiger partial charge in [0.25, 0.3) is 5.91 Å². The van der Waals surface area contributed by atoms with E-state index in [1.807, 2.05) is 0 Å². The Hall–Kier alpha value is -0.560. The molecule has 1 amide bonds. The smallest absolute Gasteiger partial charge is 0.265 e. The van der Waals surface area contributed by atoms with Crippen molar-refractivity contribution in [1.82, 2.24) is 15.5 Å². The standard InChI is InChI=1S/C11H24N4O2.2ClH/c1-15(2)9-5-7-12-6-3-4-8-13-11(16)10-14-17;;/h10,12,17H,3-9H2,1-2H3,(H,13,16);2*1H/b14-10+;;. The Kier molecular flexibility index (Phi) is 21.6. The van der Waals surface area contributed by atoms with Gasteiger partial charge in [-0.3, -0.25) is 4.79 Å². The highest BCUT2D eigenvalue weighted by Gasteiger charge is 1.95. The molecule has 0 aromatic heterocycles. The second kappa shape index (κ2) is 17.4. The molecule has 116 valence electrons. The molecule has 0 saturated carbocycles. The molecule has 8 heteroatoms. The summed E-state index contributed by atoms with van der Waals surface area (Å²) in [6, 6.07) is 0. The number of hydrogen-bond donors (Lipinski definition) is 3. The summed E-state index contributed by atoms with van der Waals surface area (Å²) in [6.07, 6.45) is 3.96. The minimum Gasteiger partial charge on any atom is -0.411 e. The molecule has 0 aliphatic rings. The number of carbonyl (C=O) groups is 1. The summed E-state index contributed by atoms with van der Waals surface area (Å²) in [5.74, 6) is -0.355. The van der Waals surface area contributed by atoms with Crippen molar-refractivity contribution in [2.75, 3.05) is 40.3 Å². The van der Waals surface area contributed by atoms with Crippen molar-refractivity contribution in [3.05, 3.63) is 0 Å². The van der Waals surface area contributed by atoms with Crippen LogP contribution in [0.5, 0.6) is 0 Å². The molecule has 0 fully saturated rings. The first-order valence-corrected chi connectivity index (χ1v) is 5.97. The van der Waals surface area contributed by atoms with Gasteiger partial charge in [-0.15, -0.1) is 24.8 Å². The Bertz CT molecular complexity index is 229. The Balaban J connectivity index is -0.00000128. The van der Waals surface area contributed by atoms with E-state index in [1.165, 1.54) is 0 Å². The molecular formula is C11H26Cl2N4O2. The average Bonchev–Trinajstić information content (AvgIpc) is 2.27. The van der Waals surface area contributed by atoms with Crippen molar-refractivity contribution in [3.8, 4) is 0 Å². The van der Waals surface area contributed by atoms with Crippen LogP contribution >= 0.6 is 24.8 Å². The lowest BCUT2D eigenvalue weighted by Crippen LogP contribution is -2.26. The van der Waals surface area contributed by atoms with Crippen LogP contribution in [0.25, 0.3) is 0 Å². The van der Waals surface area contributed by atoms with E-state index in [0.717, 1.165) is 45.1 Å². The molecule has 0 aliphatic heterocycles. The van der Waals surface area contributed by atoms with E-state index in [2.05, 4.69) is 34.8 Å². The fraction of sp³-hybridized carbons (Fsp3) is 0.818. The lowest BCUT2D eigenvalue weighted by atomic mass is 10.3. The van der Waals surface area contributed by atoms with Crippen molar-refractivity contribution in [2.45, 2.75) is 19.3 Å². The molecule has 3 N–H and O–H groups in total. The molecule has 0 aromatic rings. The van der Waals surface area contributed by atoms with Crippen molar-refractivity contribution < 1.29 is 10.0 Å². The quantitative estimate of drug-likeness (QED) is 0.240. The normalized spacial score (nSPS) is 10.1. The Morgan fingerprint density at radius 2 is 1.74 bits per heavy atom. The van der Waals surface area contributed by atoms with E-state index >= 15 is 0 Å². The van der Waals surface area contributed by atoms with Gasteiger partial charge in [-0.05, 0) is 53.0 Å². The lowest BCUT2D eigenvalue weighted by molar-refractivity contribution is -0.114. The number of unbranched alkanes of at least 4 members (excludes halogenated alkanes) is 1. The maximum absolute atomic E-state index is 10.8. The van der Waals surface area contributed by atoms with Crippen LogP contribution in [0.1, 0.15) is 19.3 Å². The number of hydrogen-bond acceptors (Lipinski definition) is 5.